The van der Waals surface area contributed by atoms with Crippen LogP contribution in [0.2, 0.25) is 5.02 Å². The minimum Gasteiger partial charge on any atom is -0.481 e. The Labute approximate surface area is 176 Å². The summed E-state index contributed by atoms with van der Waals surface area (Å²) in [5, 5.41) is 22.2. The Kier molecular flexibility index (Phi) is 4.05. The van der Waals surface area contributed by atoms with Crippen LogP contribution in [0.5, 0.6) is 5.75 Å². The highest BCUT2D eigenvalue weighted by Crippen LogP contribution is 2.45. The molecule has 2 aliphatic rings. The van der Waals surface area contributed by atoms with Crippen molar-refractivity contribution < 1.29 is 14.4 Å². The van der Waals surface area contributed by atoms with E-state index in [1.165, 1.54) is 0 Å². The SMILES string of the molecule is OCc1cc2nccc(-c3cc(Cl)cc4c3OC(c3onc5c3CNCC5)C4)n2n1. The fourth-order valence-corrected chi connectivity index (χ4v) is 4.54. The van der Waals surface area contributed by atoms with Gasteiger partial charge in [0.1, 0.15) is 5.75 Å². The molecule has 0 bridgehead atoms. The number of aromatic nitrogens is 4. The van der Waals surface area contributed by atoms with E-state index in [1.807, 2.05) is 18.2 Å². The third kappa shape index (κ3) is 2.72. The minimum absolute atomic E-state index is 0.153. The molecule has 3 aromatic heterocycles. The summed E-state index contributed by atoms with van der Waals surface area (Å²) in [7, 11) is 0. The Morgan fingerprint density at radius 2 is 2.23 bits per heavy atom. The molecule has 0 saturated carbocycles. The van der Waals surface area contributed by atoms with Crippen LogP contribution in [0, 0.1) is 0 Å². The van der Waals surface area contributed by atoms with Gasteiger partial charge in [-0.1, -0.05) is 16.8 Å². The maximum Gasteiger partial charge on any atom is 0.182 e. The molecule has 2 N–H and O–H groups in total. The molecule has 6 rings (SSSR count). The van der Waals surface area contributed by atoms with Crippen LogP contribution >= 0.6 is 11.6 Å². The Bertz CT molecular complexity index is 1280. The van der Waals surface area contributed by atoms with Gasteiger partial charge in [0.15, 0.2) is 17.5 Å². The molecule has 1 atom stereocenters. The van der Waals surface area contributed by atoms with Gasteiger partial charge in [-0.05, 0) is 18.2 Å². The molecule has 2 aliphatic heterocycles. The fraction of sp³-hybridized carbons (Fsp3) is 0.286. The van der Waals surface area contributed by atoms with Crippen LogP contribution in [-0.4, -0.2) is 31.4 Å². The van der Waals surface area contributed by atoms with Crippen molar-refractivity contribution in [3.8, 4) is 17.0 Å². The van der Waals surface area contributed by atoms with E-state index < -0.39 is 0 Å². The van der Waals surface area contributed by atoms with Crippen molar-refractivity contribution in [2.45, 2.75) is 32.1 Å². The van der Waals surface area contributed by atoms with E-state index in [1.54, 1.807) is 16.8 Å². The first-order valence-corrected chi connectivity index (χ1v) is 10.2. The van der Waals surface area contributed by atoms with E-state index in [4.69, 9.17) is 20.9 Å². The number of fused-ring (bicyclic) bond motifs is 3. The first-order chi connectivity index (χ1) is 14.7. The molecule has 0 amide bonds. The van der Waals surface area contributed by atoms with Crippen LogP contribution in [0.4, 0.5) is 0 Å². The lowest BCUT2D eigenvalue weighted by Crippen LogP contribution is -2.24. The van der Waals surface area contributed by atoms with Crippen LogP contribution in [0.25, 0.3) is 16.9 Å². The van der Waals surface area contributed by atoms with Crippen LogP contribution in [0.1, 0.15) is 34.4 Å². The monoisotopic (exact) mass is 423 g/mol. The fourth-order valence-electron chi connectivity index (χ4n) is 4.30. The van der Waals surface area contributed by atoms with Gasteiger partial charge in [-0.25, -0.2) is 9.50 Å². The van der Waals surface area contributed by atoms with Crippen LogP contribution < -0.4 is 10.1 Å². The number of hydrogen-bond acceptors (Lipinski definition) is 7. The Balaban J connectivity index is 1.45. The van der Waals surface area contributed by atoms with Crippen LogP contribution in [-0.2, 0) is 26.0 Å². The smallest absolute Gasteiger partial charge is 0.182 e. The van der Waals surface area contributed by atoms with Crippen molar-refractivity contribution in [3.05, 3.63) is 63.8 Å². The second kappa shape index (κ2) is 6.80. The summed E-state index contributed by atoms with van der Waals surface area (Å²) in [6.07, 6.45) is 2.97. The van der Waals surface area contributed by atoms with Gasteiger partial charge in [-0.3, -0.25) is 0 Å². The summed E-state index contributed by atoms with van der Waals surface area (Å²) < 4.78 is 13.8. The normalized spacial score (nSPS) is 17.7. The quantitative estimate of drug-likeness (QED) is 0.522. The van der Waals surface area contributed by atoms with Crippen LogP contribution in [0.15, 0.2) is 35.0 Å². The number of nitrogens with zero attached hydrogens (tertiary/aromatic N) is 4. The molecule has 8 nitrogen and oxygen atoms in total. The van der Waals surface area contributed by atoms with E-state index in [9.17, 15) is 5.11 Å². The van der Waals surface area contributed by atoms with E-state index in [0.717, 1.165) is 59.1 Å². The molecule has 0 saturated heterocycles. The first-order valence-electron chi connectivity index (χ1n) is 9.83. The maximum absolute atomic E-state index is 9.47. The lowest BCUT2D eigenvalue weighted by molar-refractivity contribution is 0.189. The molecule has 0 fully saturated rings. The van der Waals surface area contributed by atoms with Crippen molar-refractivity contribution in [3.63, 3.8) is 0 Å². The second-order valence-corrected chi connectivity index (χ2v) is 7.98. The summed E-state index contributed by atoms with van der Waals surface area (Å²) >= 11 is 6.46. The lowest BCUT2D eigenvalue weighted by atomic mass is 10.0. The topological polar surface area (TPSA) is 97.7 Å². The predicted molar refractivity (Wildman–Crippen MR) is 108 cm³/mol. The summed E-state index contributed by atoms with van der Waals surface area (Å²) in [5.74, 6) is 1.53. The van der Waals surface area contributed by atoms with E-state index in [2.05, 4.69) is 20.6 Å². The summed E-state index contributed by atoms with van der Waals surface area (Å²) in [4.78, 5) is 4.34. The van der Waals surface area contributed by atoms with Gasteiger partial charge in [0, 0.05) is 59.9 Å². The van der Waals surface area contributed by atoms with Crippen molar-refractivity contribution in [1.82, 2.24) is 25.1 Å². The number of aliphatic hydroxyl groups excluding tert-OH is 1. The van der Waals surface area contributed by atoms with Crippen molar-refractivity contribution in [2.24, 2.45) is 0 Å². The molecule has 152 valence electrons. The number of aliphatic hydroxyl groups is 1. The zero-order valence-electron chi connectivity index (χ0n) is 15.9. The molecule has 4 aromatic rings. The lowest BCUT2D eigenvalue weighted by Gasteiger charge is -2.15. The van der Waals surface area contributed by atoms with Crippen molar-refractivity contribution in [2.75, 3.05) is 6.54 Å². The first kappa shape index (κ1) is 17.9. The highest BCUT2D eigenvalue weighted by molar-refractivity contribution is 6.31. The minimum atomic E-state index is -0.253. The van der Waals surface area contributed by atoms with E-state index >= 15 is 0 Å². The predicted octanol–water partition coefficient (Wildman–Crippen LogP) is 2.85. The number of hydrogen-bond donors (Lipinski definition) is 2. The number of benzene rings is 1. The van der Waals surface area contributed by atoms with E-state index in [0.29, 0.717) is 22.8 Å². The van der Waals surface area contributed by atoms with Gasteiger partial charge in [-0.15, -0.1) is 0 Å². The van der Waals surface area contributed by atoms with Gasteiger partial charge < -0.3 is 19.7 Å². The van der Waals surface area contributed by atoms with Gasteiger partial charge in [0.25, 0.3) is 0 Å². The average molecular weight is 424 g/mol. The molecule has 1 aromatic carbocycles. The maximum atomic E-state index is 9.47. The molecular weight excluding hydrogens is 406 g/mol. The molecule has 0 aliphatic carbocycles. The number of ether oxygens (including phenoxy) is 1. The van der Waals surface area contributed by atoms with Gasteiger partial charge in [0.2, 0.25) is 0 Å². The van der Waals surface area contributed by atoms with Crippen molar-refractivity contribution in [1.29, 1.82) is 0 Å². The third-order valence-corrected chi connectivity index (χ3v) is 5.89. The Hall–Kier alpha value is -2.94. The van der Waals surface area contributed by atoms with Gasteiger partial charge in [0.05, 0.1) is 23.7 Å². The summed E-state index contributed by atoms with van der Waals surface area (Å²) in [6, 6.07) is 7.42. The van der Waals surface area contributed by atoms with Gasteiger partial charge >= 0.3 is 0 Å². The van der Waals surface area contributed by atoms with Gasteiger partial charge in [-0.2, -0.15) is 5.10 Å². The number of halogens is 1. The molecule has 5 heterocycles. The summed E-state index contributed by atoms with van der Waals surface area (Å²) in [5.41, 5.74) is 5.93. The Morgan fingerprint density at radius 3 is 3.13 bits per heavy atom. The molecule has 0 radical (unpaired) electrons. The zero-order valence-corrected chi connectivity index (χ0v) is 16.7. The molecule has 9 heteroatoms. The zero-order chi connectivity index (χ0) is 20.2. The number of nitrogens with one attached hydrogen (secondary N) is 1. The molecule has 1 unspecified atom stereocenters. The van der Waals surface area contributed by atoms with Crippen molar-refractivity contribution >= 4 is 17.2 Å². The molecule has 30 heavy (non-hydrogen) atoms. The standard InChI is InChI=1S/C21H18ClN5O3/c22-12-5-11-6-18(21-15-9-23-3-1-16(15)26-30-21)29-20(11)14(7-12)17-2-4-24-19-8-13(10-28)25-27(17)19/h2,4-5,7-8,18,23,28H,1,3,6,9-10H2. The van der Waals surface area contributed by atoms with E-state index in [-0.39, 0.29) is 12.7 Å². The largest absolute Gasteiger partial charge is 0.481 e. The number of rotatable bonds is 3. The third-order valence-electron chi connectivity index (χ3n) is 5.68. The Morgan fingerprint density at radius 1 is 1.30 bits per heavy atom. The highest BCUT2D eigenvalue weighted by atomic mass is 35.5. The second-order valence-electron chi connectivity index (χ2n) is 7.54. The van der Waals surface area contributed by atoms with Crippen LogP contribution in [0.3, 0.4) is 0 Å². The molecular formula is C21H18ClN5O3. The summed E-state index contributed by atoms with van der Waals surface area (Å²) in [6.45, 7) is 1.49. The highest BCUT2D eigenvalue weighted by Gasteiger charge is 2.34. The average Bonchev–Trinajstić information content (AvgIpc) is 3.48. The molecule has 0 spiro atoms.